The third-order valence-corrected chi connectivity index (χ3v) is 3.71. The lowest BCUT2D eigenvalue weighted by molar-refractivity contribution is -0.122. The fourth-order valence-corrected chi connectivity index (χ4v) is 2.17. The van der Waals surface area contributed by atoms with Crippen LogP contribution in [0.25, 0.3) is 0 Å². The quantitative estimate of drug-likeness (QED) is 0.670. The molecule has 0 bridgehead atoms. The van der Waals surface area contributed by atoms with Crippen LogP contribution in [-0.4, -0.2) is 23.9 Å². The van der Waals surface area contributed by atoms with Gasteiger partial charge < -0.3 is 16.4 Å². The maximum absolute atomic E-state index is 12.1. The molecule has 4 N–H and O–H groups in total. The smallest absolute Gasteiger partial charge is 0.251 e. The summed E-state index contributed by atoms with van der Waals surface area (Å²) < 4.78 is 0. The fourth-order valence-electron chi connectivity index (χ4n) is 2.17. The molecule has 0 fully saturated rings. The van der Waals surface area contributed by atoms with Gasteiger partial charge in [-0.25, -0.2) is 0 Å². The van der Waals surface area contributed by atoms with Crippen molar-refractivity contribution in [2.45, 2.75) is 59.2 Å². The van der Waals surface area contributed by atoms with Crippen LogP contribution in [-0.2, 0) is 11.3 Å². The monoisotopic (exact) mass is 355 g/mol. The van der Waals surface area contributed by atoms with Crippen LogP contribution in [0, 0.1) is 5.92 Å². The summed E-state index contributed by atoms with van der Waals surface area (Å²) in [5.41, 5.74) is 7.34. The van der Waals surface area contributed by atoms with Crippen molar-refractivity contribution in [2.24, 2.45) is 11.7 Å². The van der Waals surface area contributed by atoms with Crippen molar-refractivity contribution in [3.63, 3.8) is 0 Å². The summed E-state index contributed by atoms with van der Waals surface area (Å²) in [4.78, 5) is 24.1. The standard InChI is InChI=1S/C18H29N3O2.ClH/c1-5-13(4)21-17(22)15-8-6-7-14(10-15)11-20-18(23)16(19)9-12(2)3;/h6-8,10,12-13,16H,5,9,11,19H2,1-4H3,(H,20,23)(H,21,22);1H/t13?,16-;/m0./s1. The maximum atomic E-state index is 12.1. The lowest BCUT2D eigenvalue weighted by atomic mass is 10.0. The van der Waals surface area contributed by atoms with Crippen LogP contribution >= 0.6 is 12.4 Å². The summed E-state index contributed by atoms with van der Waals surface area (Å²) >= 11 is 0. The summed E-state index contributed by atoms with van der Waals surface area (Å²) in [6, 6.07) is 6.92. The molecule has 0 aromatic heterocycles. The first-order valence-electron chi connectivity index (χ1n) is 8.26. The van der Waals surface area contributed by atoms with Gasteiger partial charge in [-0.2, -0.15) is 0 Å². The van der Waals surface area contributed by atoms with Crippen molar-refractivity contribution in [3.8, 4) is 0 Å². The van der Waals surface area contributed by atoms with Gasteiger partial charge in [0.2, 0.25) is 5.91 Å². The molecule has 2 amide bonds. The number of nitrogens with one attached hydrogen (secondary N) is 2. The van der Waals surface area contributed by atoms with Crippen molar-refractivity contribution in [1.82, 2.24) is 10.6 Å². The zero-order chi connectivity index (χ0) is 17.4. The molecule has 24 heavy (non-hydrogen) atoms. The third-order valence-electron chi connectivity index (χ3n) is 3.71. The molecular formula is C18H30ClN3O2. The van der Waals surface area contributed by atoms with E-state index in [1.165, 1.54) is 0 Å². The van der Waals surface area contributed by atoms with E-state index in [2.05, 4.69) is 10.6 Å². The van der Waals surface area contributed by atoms with Gasteiger partial charge in [0, 0.05) is 18.2 Å². The van der Waals surface area contributed by atoms with Crippen molar-refractivity contribution in [2.75, 3.05) is 0 Å². The molecule has 2 atom stereocenters. The maximum Gasteiger partial charge on any atom is 0.251 e. The van der Waals surface area contributed by atoms with Crippen LogP contribution in [0.1, 0.15) is 56.5 Å². The van der Waals surface area contributed by atoms with E-state index in [1.807, 2.05) is 39.8 Å². The first-order chi connectivity index (χ1) is 10.8. The zero-order valence-corrected chi connectivity index (χ0v) is 15.8. The summed E-state index contributed by atoms with van der Waals surface area (Å²) in [7, 11) is 0. The van der Waals surface area contributed by atoms with E-state index in [0.717, 1.165) is 12.0 Å². The zero-order valence-electron chi connectivity index (χ0n) is 15.0. The van der Waals surface area contributed by atoms with Crippen LogP contribution in [0.15, 0.2) is 24.3 Å². The fraction of sp³-hybridized carbons (Fsp3) is 0.556. The van der Waals surface area contributed by atoms with Crippen LogP contribution in [0.5, 0.6) is 0 Å². The number of hydrogen-bond donors (Lipinski definition) is 3. The number of hydrogen-bond acceptors (Lipinski definition) is 3. The highest BCUT2D eigenvalue weighted by Gasteiger charge is 2.15. The van der Waals surface area contributed by atoms with E-state index < -0.39 is 6.04 Å². The Kier molecular flexibility index (Phi) is 10.3. The second-order valence-electron chi connectivity index (χ2n) is 6.44. The van der Waals surface area contributed by atoms with Gasteiger partial charge in [-0.1, -0.05) is 32.9 Å². The third kappa shape index (κ3) is 7.79. The molecule has 0 radical (unpaired) electrons. The lowest BCUT2D eigenvalue weighted by Gasteiger charge is -2.15. The summed E-state index contributed by atoms with van der Waals surface area (Å²) in [6.45, 7) is 8.43. The predicted molar refractivity (Wildman–Crippen MR) is 100 cm³/mol. The molecule has 0 aliphatic heterocycles. The van der Waals surface area contributed by atoms with Gasteiger partial charge in [0.25, 0.3) is 5.91 Å². The first kappa shape index (κ1) is 22.4. The molecular weight excluding hydrogens is 326 g/mol. The van der Waals surface area contributed by atoms with E-state index in [1.54, 1.807) is 12.1 Å². The highest BCUT2D eigenvalue weighted by atomic mass is 35.5. The molecule has 0 heterocycles. The van der Waals surface area contributed by atoms with Gasteiger partial charge in [-0.3, -0.25) is 9.59 Å². The average Bonchev–Trinajstić information content (AvgIpc) is 2.51. The molecule has 1 rings (SSSR count). The van der Waals surface area contributed by atoms with E-state index in [0.29, 0.717) is 24.4 Å². The van der Waals surface area contributed by atoms with Crippen molar-refractivity contribution in [3.05, 3.63) is 35.4 Å². The topological polar surface area (TPSA) is 84.2 Å². The number of carbonyl (C=O) groups excluding carboxylic acids is 2. The Balaban J connectivity index is 0.00000529. The van der Waals surface area contributed by atoms with Gasteiger partial charge in [0.1, 0.15) is 0 Å². The summed E-state index contributed by atoms with van der Waals surface area (Å²) in [6.07, 6.45) is 1.54. The molecule has 136 valence electrons. The van der Waals surface area contributed by atoms with Gasteiger partial charge in [-0.15, -0.1) is 12.4 Å². The summed E-state index contributed by atoms with van der Waals surface area (Å²) in [5.74, 6) is 0.125. The number of amides is 2. The van der Waals surface area contributed by atoms with Gasteiger partial charge >= 0.3 is 0 Å². The average molecular weight is 356 g/mol. The lowest BCUT2D eigenvalue weighted by Crippen LogP contribution is -2.41. The number of nitrogens with two attached hydrogens (primary N) is 1. The molecule has 0 aliphatic rings. The van der Waals surface area contributed by atoms with E-state index in [4.69, 9.17) is 5.73 Å². The molecule has 1 aromatic carbocycles. The molecule has 0 saturated heterocycles. The largest absolute Gasteiger partial charge is 0.351 e. The Bertz CT molecular complexity index is 535. The molecule has 0 spiro atoms. The van der Waals surface area contributed by atoms with Gasteiger partial charge in [-0.05, 0) is 43.4 Å². The minimum atomic E-state index is -0.494. The first-order valence-corrected chi connectivity index (χ1v) is 8.26. The number of benzene rings is 1. The minimum Gasteiger partial charge on any atom is -0.351 e. The molecule has 0 aliphatic carbocycles. The number of rotatable bonds is 8. The second kappa shape index (κ2) is 11.0. The highest BCUT2D eigenvalue weighted by molar-refractivity contribution is 5.94. The van der Waals surface area contributed by atoms with Crippen molar-refractivity contribution < 1.29 is 9.59 Å². The molecule has 0 saturated carbocycles. The Labute approximate surface area is 151 Å². The van der Waals surface area contributed by atoms with Crippen LogP contribution < -0.4 is 16.4 Å². The SMILES string of the molecule is CCC(C)NC(=O)c1cccc(CNC(=O)[C@@H](N)CC(C)C)c1.Cl. The van der Waals surface area contributed by atoms with E-state index >= 15 is 0 Å². The predicted octanol–water partition coefficient (Wildman–Crippen LogP) is 2.63. The Hall–Kier alpha value is -1.59. The number of carbonyl (C=O) groups is 2. The van der Waals surface area contributed by atoms with E-state index in [-0.39, 0.29) is 30.3 Å². The molecule has 1 aromatic rings. The van der Waals surface area contributed by atoms with Crippen molar-refractivity contribution >= 4 is 24.2 Å². The molecule has 5 nitrogen and oxygen atoms in total. The normalized spacial score (nSPS) is 12.9. The minimum absolute atomic E-state index is 0. The van der Waals surface area contributed by atoms with Crippen LogP contribution in [0.3, 0.4) is 0 Å². The van der Waals surface area contributed by atoms with Gasteiger partial charge in [0.15, 0.2) is 0 Å². The Morgan fingerprint density at radius 1 is 1.21 bits per heavy atom. The Morgan fingerprint density at radius 2 is 1.88 bits per heavy atom. The summed E-state index contributed by atoms with van der Waals surface area (Å²) in [5, 5.41) is 5.76. The highest BCUT2D eigenvalue weighted by Crippen LogP contribution is 2.07. The van der Waals surface area contributed by atoms with Crippen LogP contribution in [0.4, 0.5) is 0 Å². The van der Waals surface area contributed by atoms with Crippen LogP contribution in [0.2, 0.25) is 0 Å². The van der Waals surface area contributed by atoms with Crippen molar-refractivity contribution in [1.29, 1.82) is 0 Å². The van der Waals surface area contributed by atoms with E-state index in [9.17, 15) is 9.59 Å². The van der Waals surface area contributed by atoms with Gasteiger partial charge in [0.05, 0.1) is 6.04 Å². The number of halogens is 1. The second-order valence-corrected chi connectivity index (χ2v) is 6.44. The molecule has 1 unspecified atom stereocenters. The molecule has 6 heteroatoms. The Morgan fingerprint density at radius 3 is 2.46 bits per heavy atom.